The molecule has 0 bridgehead atoms. The smallest absolute Gasteiger partial charge is 0.179 e. The average molecular weight is 367 g/mol. The summed E-state index contributed by atoms with van der Waals surface area (Å²) in [5.41, 5.74) is 7.38. The van der Waals surface area contributed by atoms with Crippen LogP contribution in [0.2, 0.25) is 0 Å². The number of rotatable bonds is 4. The van der Waals surface area contributed by atoms with E-state index < -0.39 is 0 Å². The van der Waals surface area contributed by atoms with Gasteiger partial charge in [-0.25, -0.2) is 9.67 Å². The third-order valence-corrected chi connectivity index (χ3v) is 4.86. The predicted octanol–water partition coefficient (Wildman–Crippen LogP) is 3.79. The Morgan fingerprint density at radius 1 is 1.07 bits per heavy atom. The summed E-state index contributed by atoms with van der Waals surface area (Å²) < 4.78 is 1.82. The monoisotopic (exact) mass is 367 g/mol. The van der Waals surface area contributed by atoms with Crippen LogP contribution in [-0.4, -0.2) is 32.8 Å². The molecule has 0 amide bonds. The summed E-state index contributed by atoms with van der Waals surface area (Å²) in [4.78, 5) is 15.6. The molecule has 3 heterocycles. The van der Waals surface area contributed by atoms with Crippen molar-refractivity contribution in [2.45, 2.75) is 6.54 Å². The number of hydrogen-bond acceptors (Lipinski definition) is 5. The number of nitrogens with zero attached hydrogens (tertiary/aromatic N) is 4. The molecule has 1 N–H and O–H groups in total. The van der Waals surface area contributed by atoms with E-state index in [-0.39, 0.29) is 0 Å². The molecule has 6 heteroatoms. The molecule has 5 rings (SSSR count). The molecule has 0 radical (unpaired) electrons. The van der Waals surface area contributed by atoms with Crippen molar-refractivity contribution in [1.29, 1.82) is 0 Å². The Morgan fingerprint density at radius 2 is 1.96 bits per heavy atom. The van der Waals surface area contributed by atoms with Gasteiger partial charge in [0.2, 0.25) is 0 Å². The van der Waals surface area contributed by atoms with Crippen LogP contribution < -0.4 is 5.32 Å². The maximum absolute atomic E-state index is 10.9. The second-order valence-corrected chi connectivity index (χ2v) is 6.73. The highest BCUT2D eigenvalue weighted by Crippen LogP contribution is 2.24. The largest absolute Gasteiger partial charge is 0.381 e. The number of pyridine rings is 1. The number of aldehydes is 1. The van der Waals surface area contributed by atoms with Crippen molar-refractivity contribution in [3.8, 4) is 11.3 Å². The van der Waals surface area contributed by atoms with Gasteiger partial charge in [0.15, 0.2) is 5.65 Å². The normalized spacial score (nSPS) is 12.6. The second-order valence-electron chi connectivity index (χ2n) is 6.73. The highest BCUT2D eigenvalue weighted by molar-refractivity contribution is 5.78. The van der Waals surface area contributed by atoms with Gasteiger partial charge in [0.1, 0.15) is 11.8 Å². The number of carbonyl (C=O) groups excluding carboxylic acids is 1. The van der Waals surface area contributed by atoms with E-state index in [1.807, 2.05) is 28.9 Å². The maximum Gasteiger partial charge on any atom is 0.179 e. The minimum Gasteiger partial charge on any atom is -0.381 e. The topological polar surface area (TPSA) is 72.7 Å². The lowest BCUT2D eigenvalue weighted by Crippen LogP contribution is -2.07. The Hall–Kier alpha value is -3.80. The zero-order valence-electron chi connectivity index (χ0n) is 15.0. The molecule has 136 valence electrons. The zero-order valence-corrected chi connectivity index (χ0v) is 15.0. The van der Waals surface area contributed by atoms with Gasteiger partial charge in [-0.2, -0.15) is 0 Å². The van der Waals surface area contributed by atoms with Crippen molar-refractivity contribution >= 4 is 29.2 Å². The molecule has 0 fully saturated rings. The summed E-state index contributed by atoms with van der Waals surface area (Å²) >= 11 is 0. The van der Waals surface area contributed by atoms with E-state index in [0.717, 1.165) is 46.5 Å². The first-order valence-electron chi connectivity index (χ1n) is 9.09. The summed E-state index contributed by atoms with van der Waals surface area (Å²) in [6, 6.07) is 17.6. The van der Waals surface area contributed by atoms with Crippen LogP contribution in [0.5, 0.6) is 0 Å². The van der Waals surface area contributed by atoms with E-state index in [4.69, 9.17) is 4.98 Å². The lowest BCUT2D eigenvalue weighted by atomic mass is 10.1. The van der Waals surface area contributed by atoms with Crippen molar-refractivity contribution < 1.29 is 4.79 Å². The molecular weight excluding hydrogens is 350 g/mol. The predicted molar refractivity (Wildman–Crippen MR) is 109 cm³/mol. The van der Waals surface area contributed by atoms with E-state index in [0.29, 0.717) is 12.1 Å². The summed E-state index contributed by atoms with van der Waals surface area (Å²) in [7, 11) is 0. The first kappa shape index (κ1) is 16.4. The zero-order chi connectivity index (χ0) is 18.9. The average Bonchev–Trinajstić information content (AvgIpc) is 3.16. The van der Waals surface area contributed by atoms with E-state index in [9.17, 15) is 4.79 Å². The first-order valence-corrected chi connectivity index (χ1v) is 9.09. The molecule has 0 unspecified atom stereocenters. The Balaban J connectivity index is 1.50. The molecule has 1 aliphatic heterocycles. The first-order chi connectivity index (χ1) is 13.8. The van der Waals surface area contributed by atoms with Gasteiger partial charge in [0, 0.05) is 23.4 Å². The lowest BCUT2D eigenvalue weighted by Gasteiger charge is -2.14. The van der Waals surface area contributed by atoms with Gasteiger partial charge in [0.05, 0.1) is 12.2 Å². The quantitative estimate of drug-likeness (QED) is 0.556. The van der Waals surface area contributed by atoms with Gasteiger partial charge >= 0.3 is 0 Å². The Labute approximate surface area is 161 Å². The molecule has 0 saturated heterocycles. The fourth-order valence-corrected chi connectivity index (χ4v) is 3.39. The number of nitrogens with one attached hydrogen (secondary N) is 1. The number of hydrogen-bond donors (Lipinski definition) is 1. The van der Waals surface area contributed by atoms with E-state index >= 15 is 0 Å². The molecule has 2 aromatic carbocycles. The van der Waals surface area contributed by atoms with E-state index in [1.165, 1.54) is 5.56 Å². The van der Waals surface area contributed by atoms with E-state index in [2.05, 4.69) is 46.0 Å². The Kier molecular flexibility index (Phi) is 3.94. The number of benzene rings is 2. The molecule has 1 aliphatic rings. The molecule has 0 atom stereocenters. The van der Waals surface area contributed by atoms with Gasteiger partial charge in [-0.05, 0) is 35.4 Å². The van der Waals surface area contributed by atoms with Crippen LogP contribution in [0.3, 0.4) is 0 Å². The number of anilines is 1. The van der Waals surface area contributed by atoms with Crippen LogP contribution >= 0.6 is 0 Å². The fraction of sp³-hybridized carbons (Fsp3) is 0.0909. The minimum atomic E-state index is 0.595. The molecular formula is C22H17N5O. The van der Waals surface area contributed by atoms with E-state index in [1.54, 1.807) is 12.1 Å². The molecule has 4 aromatic rings. The molecule has 0 spiro atoms. The van der Waals surface area contributed by atoms with Crippen molar-refractivity contribution in [3.63, 3.8) is 0 Å². The Morgan fingerprint density at radius 3 is 2.82 bits per heavy atom. The number of carbonyl (C=O) groups is 1. The lowest BCUT2D eigenvalue weighted by molar-refractivity contribution is 0.112. The summed E-state index contributed by atoms with van der Waals surface area (Å²) in [5, 5.41) is 11.9. The third-order valence-electron chi connectivity index (χ3n) is 4.86. The summed E-state index contributed by atoms with van der Waals surface area (Å²) in [5.74, 6) is 0. The second kappa shape index (κ2) is 6.74. The van der Waals surface area contributed by atoms with Crippen molar-refractivity contribution in [2.75, 3.05) is 11.9 Å². The van der Waals surface area contributed by atoms with Crippen LogP contribution in [0, 0.1) is 0 Å². The molecule has 0 saturated carbocycles. The van der Waals surface area contributed by atoms with Gasteiger partial charge in [-0.15, -0.1) is 5.10 Å². The molecule has 28 heavy (non-hydrogen) atoms. The van der Waals surface area contributed by atoms with Crippen molar-refractivity contribution in [2.24, 2.45) is 0 Å². The van der Waals surface area contributed by atoms with Crippen LogP contribution in [0.4, 0.5) is 5.69 Å². The van der Waals surface area contributed by atoms with Gasteiger partial charge < -0.3 is 5.32 Å². The fourth-order valence-electron chi connectivity index (χ4n) is 3.39. The van der Waals surface area contributed by atoms with Crippen molar-refractivity contribution in [1.82, 2.24) is 20.0 Å². The van der Waals surface area contributed by atoms with Gasteiger partial charge in [-0.1, -0.05) is 47.7 Å². The van der Waals surface area contributed by atoms with Crippen LogP contribution in [0.1, 0.15) is 21.5 Å². The van der Waals surface area contributed by atoms with Crippen LogP contribution in [0.15, 0.2) is 60.7 Å². The highest BCUT2D eigenvalue weighted by Gasteiger charge is 2.11. The standard InChI is InChI=1S/C22H17N5O/c28-14-15-3-6-17(7-4-15)20-9-10-21-22(24-20)27(26-25-21)13-16-5-8-19-18(12-16)2-1-11-23-19/h1-10,12,14,23H,11,13H2. The molecule has 6 nitrogen and oxygen atoms in total. The minimum absolute atomic E-state index is 0.595. The Bertz CT molecular complexity index is 1210. The number of aromatic nitrogens is 4. The molecule has 0 aliphatic carbocycles. The highest BCUT2D eigenvalue weighted by atomic mass is 16.1. The maximum atomic E-state index is 10.9. The van der Waals surface area contributed by atoms with Crippen LogP contribution in [0.25, 0.3) is 28.5 Å². The van der Waals surface area contributed by atoms with Crippen molar-refractivity contribution in [3.05, 3.63) is 77.4 Å². The summed E-state index contributed by atoms with van der Waals surface area (Å²) in [6.07, 6.45) is 5.08. The van der Waals surface area contributed by atoms with Gasteiger partial charge in [-0.3, -0.25) is 4.79 Å². The SMILES string of the molecule is O=Cc1ccc(-c2ccc3nnn(Cc4ccc5c(c4)C=CCN5)c3n2)cc1. The molecule has 2 aromatic heterocycles. The third kappa shape index (κ3) is 2.95. The van der Waals surface area contributed by atoms with Gasteiger partial charge in [0.25, 0.3) is 0 Å². The summed E-state index contributed by atoms with van der Waals surface area (Å²) in [6.45, 7) is 1.46. The number of fused-ring (bicyclic) bond motifs is 2. The van der Waals surface area contributed by atoms with Crippen LogP contribution in [-0.2, 0) is 6.54 Å².